The summed E-state index contributed by atoms with van der Waals surface area (Å²) in [5.41, 5.74) is 1.91. The van der Waals surface area contributed by atoms with Crippen molar-refractivity contribution in [3.8, 4) is 0 Å². The van der Waals surface area contributed by atoms with Crippen LogP contribution in [0.3, 0.4) is 0 Å². The standard InChI is InChI=1S/C17H9N5/c1-10-2-12-6-18-20-8-14(12)4-16(10)22-17-5-15-9-21-19-7-13(15)3-11(1)17/h1-9H. The number of nitrogens with zero attached hydrogens (tertiary/aromatic N) is 5. The third-order valence-electron chi connectivity index (χ3n) is 3.94. The fraction of sp³-hybridized carbons (Fsp3) is 0. The van der Waals surface area contributed by atoms with Crippen LogP contribution in [0.1, 0.15) is 0 Å². The average Bonchev–Trinajstić information content (AvgIpc) is 2.56. The summed E-state index contributed by atoms with van der Waals surface area (Å²) in [5.74, 6) is 0. The molecule has 0 aliphatic carbocycles. The van der Waals surface area contributed by atoms with E-state index in [9.17, 15) is 0 Å². The zero-order chi connectivity index (χ0) is 14.5. The SMILES string of the molecule is c1nncc2cc3nc4cc5cnncc5cc4cc3cc12. The molecule has 22 heavy (non-hydrogen) atoms. The van der Waals surface area contributed by atoms with Crippen molar-refractivity contribution in [3.63, 3.8) is 0 Å². The molecule has 0 aliphatic heterocycles. The van der Waals surface area contributed by atoms with Crippen LogP contribution in [0.4, 0.5) is 0 Å². The Labute approximate surface area is 124 Å². The summed E-state index contributed by atoms with van der Waals surface area (Å²) in [5, 5.41) is 22.1. The van der Waals surface area contributed by atoms with Gasteiger partial charge in [-0.3, -0.25) is 0 Å². The average molecular weight is 283 g/mol. The minimum Gasteiger partial charge on any atom is -0.248 e. The van der Waals surface area contributed by atoms with Gasteiger partial charge in [-0.05, 0) is 30.3 Å². The van der Waals surface area contributed by atoms with E-state index in [1.807, 2.05) is 12.1 Å². The number of hydrogen-bond acceptors (Lipinski definition) is 5. The van der Waals surface area contributed by atoms with Crippen molar-refractivity contribution in [2.24, 2.45) is 0 Å². The number of benzene rings is 2. The molecule has 5 nitrogen and oxygen atoms in total. The van der Waals surface area contributed by atoms with E-state index in [4.69, 9.17) is 4.98 Å². The Kier molecular flexibility index (Phi) is 2.16. The monoisotopic (exact) mass is 283 g/mol. The lowest BCUT2D eigenvalue weighted by Gasteiger charge is -2.05. The zero-order valence-electron chi connectivity index (χ0n) is 11.4. The molecular formula is C17H9N5. The van der Waals surface area contributed by atoms with Crippen molar-refractivity contribution in [2.75, 3.05) is 0 Å². The fourth-order valence-corrected chi connectivity index (χ4v) is 2.83. The van der Waals surface area contributed by atoms with Gasteiger partial charge in [0.05, 0.1) is 35.8 Å². The molecule has 5 rings (SSSR count). The lowest BCUT2D eigenvalue weighted by Crippen LogP contribution is -1.87. The van der Waals surface area contributed by atoms with Gasteiger partial charge in [-0.2, -0.15) is 20.4 Å². The molecule has 0 unspecified atom stereocenters. The number of pyridine rings is 1. The Morgan fingerprint density at radius 1 is 0.409 bits per heavy atom. The number of aromatic nitrogens is 5. The van der Waals surface area contributed by atoms with Crippen LogP contribution < -0.4 is 0 Å². The molecule has 3 aromatic heterocycles. The summed E-state index contributed by atoms with van der Waals surface area (Å²) >= 11 is 0. The van der Waals surface area contributed by atoms with E-state index in [0.29, 0.717) is 0 Å². The van der Waals surface area contributed by atoms with Gasteiger partial charge >= 0.3 is 0 Å². The van der Waals surface area contributed by atoms with E-state index in [1.165, 1.54) is 0 Å². The summed E-state index contributed by atoms with van der Waals surface area (Å²) in [6.45, 7) is 0. The second-order valence-corrected chi connectivity index (χ2v) is 5.31. The highest BCUT2D eigenvalue weighted by atomic mass is 15.1. The van der Waals surface area contributed by atoms with Crippen molar-refractivity contribution < 1.29 is 0 Å². The molecular weight excluding hydrogens is 274 g/mol. The van der Waals surface area contributed by atoms with Crippen molar-refractivity contribution in [2.45, 2.75) is 0 Å². The quantitative estimate of drug-likeness (QED) is 0.408. The molecule has 0 saturated heterocycles. The largest absolute Gasteiger partial charge is 0.248 e. The van der Waals surface area contributed by atoms with Crippen LogP contribution in [-0.4, -0.2) is 25.4 Å². The van der Waals surface area contributed by atoms with Gasteiger partial charge in [-0.1, -0.05) is 0 Å². The van der Waals surface area contributed by atoms with Crippen LogP contribution in [0.15, 0.2) is 55.1 Å². The number of fused-ring (bicyclic) bond motifs is 4. The van der Waals surface area contributed by atoms with E-state index in [2.05, 4.69) is 38.6 Å². The highest BCUT2D eigenvalue weighted by molar-refractivity contribution is 6.04. The summed E-state index contributed by atoms with van der Waals surface area (Å²) < 4.78 is 0. The van der Waals surface area contributed by atoms with Gasteiger partial charge in [0.2, 0.25) is 0 Å². The highest BCUT2D eigenvalue weighted by Crippen LogP contribution is 2.26. The van der Waals surface area contributed by atoms with Crippen molar-refractivity contribution in [1.82, 2.24) is 25.4 Å². The molecule has 0 N–H and O–H groups in total. The van der Waals surface area contributed by atoms with Gasteiger partial charge in [0.1, 0.15) is 0 Å². The molecule has 2 aromatic carbocycles. The van der Waals surface area contributed by atoms with E-state index in [-0.39, 0.29) is 0 Å². The Bertz CT molecular complexity index is 999. The highest BCUT2D eigenvalue weighted by Gasteiger charge is 2.04. The Morgan fingerprint density at radius 2 is 0.773 bits per heavy atom. The zero-order valence-corrected chi connectivity index (χ0v) is 11.4. The molecule has 0 atom stereocenters. The Balaban J connectivity index is 1.93. The van der Waals surface area contributed by atoms with Crippen molar-refractivity contribution in [1.29, 1.82) is 0 Å². The first-order valence-electron chi connectivity index (χ1n) is 6.92. The van der Waals surface area contributed by atoms with E-state index in [0.717, 1.165) is 43.4 Å². The maximum atomic E-state index is 4.78. The molecule has 0 fully saturated rings. The smallest absolute Gasteiger partial charge is 0.0716 e. The van der Waals surface area contributed by atoms with Gasteiger partial charge in [-0.25, -0.2) is 4.98 Å². The fourth-order valence-electron chi connectivity index (χ4n) is 2.83. The van der Waals surface area contributed by atoms with E-state index in [1.54, 1.807) is 24.8 Å². The third kappa shape index (κ3) is 1.62. The number of hydrogen-bond donors (Lipinski definition) is 0. The Morgan fingerprint density at radius 3 is 1.23 bits per heavy atom. The molecule has 102 valence electrons. The lowest BCUT2D eigenvalue weighted by atomic mass is 10.1. The molecule has 5 aromatic rings. The first-order chi connectivity index (χ1) is 10.9. The predicted octanol–water partition coefficient (Wildman–Crippen LogP) is 3.27. The summed E-state index contributed by atoms with van der Waals surface area (Å²) in [6, 6.07) is 10.4. The third-order valence-corrected chi connectivity index (χ3v) is 3.94. The minimum absolute atomic E-state index is 0.953. The van der Waals surface area contributed by atoms with E-state index < -0.39 is 0 Å². The molecule has 0 amide bonds. The maximum Gasteiger partial charge on any atom is 0.0716 e. The first-order valence-corrected chi connectivity index (χ1v) is 6.92. The molecule has 0 saturated carbocycles. The first kappa shape index (κ1) is 11.4. The van der Waals surface area contributed by atoms with Gasteiger partial charge in [-0.15, -0.1) is 0 Å². The lowest BCUT2D eigenvalue weighted by molar-refractivity contribution is 1.05. The van der Waals surface area contributed by atoms with Crippen LogP contribution in [0, 0.1) is 0 Å². The molecule has 5 heteroatoms. The Hall–Kier alpha value is -3.21. The van der Waals surface area contributed by atoms with Gasteiger partial charge in [0, 0.05) is 32.3 Å². The molecule has 0 bridgehead atoms. The van der Waals surface area contributed by atoms with Gasteiger partial charge in [0.25, 0.3) is 0 Å². The second-order valence-electron chi connectivity index (χ2n) is 5.31. The van der Waals surface area contributed by atoms with Crippen LogP contribution in [-0.2, 0) is 0 Å². The molecule has 0 radical (unpaired) electrons. The summed E-state index contributed by atoms with van der Waals surface area (Å²) in [4.78, 5) is 4.78. The van der Waals surface area contributed by atoms with Crippen LogP contribution in [0.2, 0.25) is 0 Å². The molecule has 0 spiro atoms. The van der Waals surface area contributed by atoms with E-state index >= 15 is 0 Å². The molecule has 0 aliphatic rings. The predicted molar refractivity (Wildman–Crippen MR) is 85.4 cm³/mol. The molecule has 3 heterocycles. The van der Waals surface area contributed by atoms with Gasteiger partial charge in [0.15, 0.2) is 0 Å². The maximum absolute atomic E-state index is 4.78. The normalized spacial score (nSPS) is 11.6. The summed E-state index contributed by atoms with van der Waals surface area (Å²) in [7, 11) is 0. The van der Waals surface area contributed by atoms with Gasteiger partial charge < -0.3 is 0 Å². The van der Waals surface area contributed by atoms with Crippen LogP contribution in [0.25, 0.3) is 43.4 Å². The minimum atomic E-state index is 0.953. The summed E-state index contributed by atoms with van der Waals surface area (Å²) in [6.07, 6.45) is 7.07. The van der Waals surface area contributed by atoms with Crippen molar-refractivity contribution in [3.05, 3.63) is 55.1 Å². The van der Waals surface area contributed by atoms with Crippen LogP contribution >= 0.6 is 0 Å². The number of rotatable bonds is 0. The topological polar surface area (TPSA) is 64.5 Å². The van der Waals surface area contributed by atoms with Crippen LogP contribution in [0.5, 0.6) is 0 Å². The second kappa shape index (κ2) is 4.14. The van der Waals surface area contributed by atoms with Crippen molar-refractivity contribution >= 4 is 43.4 Å².